The maximum atomic E-state index is 11.6. The van der Waals surface area contributed by atoms with E-state index in [-0.39, 0.29) is 13.0 Å². The summed E-state index contributed by atoms with van der Waals surface area (Å²) in [6, 6.07) is 8.65. The van der Waals surface area contributed by atoms with Crippen LogP contribution in [0.1, 0.15) is 18.9 Å². The molecule has 1 fully saturated rings. The van der Waals surface area contributed by atoms with Gasteiger partial charge in [-0.1, -0.05) is 6.92 Å². The Balaban J connectivity index is 1.85. The fourth-order valence-corrected chi connectivity index (χ4v) is 4.48. The van der Waals surface area contributed by atoms with Crippen LogP contribution >= 0.6 is 0 Å². The first-order chi connectivity index (χ1) is 11.3. The molecule has 126 valence electrons. The summed E-state index contributed by atoms with van der Waals surface area (Å²) < 4.78 is 34.0. The molecule has 0 unspecified atom stereocenters. The van der Waals surface area contributed by atoms with Gasteiger partial charge >= 0.3 is 5.63 Å². The smallest absolute Gasteiger partial charge is 0.336 e. The molecular formula is C17H17NO5S. The van der Waals surface area contributed by atoms with Gasteiger partial charge in [-0.2, -0.15) is 5.26 Å². The second-order valence-electron chi connectivity index (χ2n) is 6.18. The number of hydrogen-bond acceptors (Lipinski definition) is 6. The Bertz CT molecular complexity index is 1000. The number of hydrogen-bond donors (Lipinski definition) is 0. The number of ether oxygens (including phenoxy) is 1. The van der Waals surface area contributed by atoms with Crippen molar-refractivity contribution in [2.24, 2.45) is 5.41 Å². The molecule has 1 aromatic carbocycles. The monoisotopic (exact) mass is 347 g/mol. The van der Waals surface area contributed by atoms with Crippen molar-refractivity contribution in [1.82, 2.24) is 0 Å². The average Bonchev–Trinajstić information content (AvgIpc) is 3.27. The Morgan fingerprint density at radius 3 is 2.75 bits per heavy atom. The van der Waals surface area contributed by atoms with E-state index in [4.69, 9.17) is 9.15 Å². The summed E-state index contributed by atoms with van der Waals surface area (Å²) in [5, 5.41) is 9.44. The van der Waals surface area contributed by atoms with E-state index in [1.54, 1.807) is 18.2 Å². The van der Waals surface area contributed by atoms with E-state index < -0.39 is 26.1 Å². The van der Waals surface area contributed by atoms with E-state index in [9.17, 15) is 18.5 Å². The molecule has 0 N–H and O–H groups in total. The molecule has 0 spiro atoms. The number of rotatable bonds is 5. The normalized spacial score (nSPS) is 23.0. The van der Waals surface area contributed by atoms with Gasteiger partial charge in [-0.05, 0) is 30.5 Å². The molecule has 0 radical (unpaired) electrons. The minimum Gasteiger partial charge on any atom is -0.492 e. The lowest BCUT2D eigenvalue weighted by Crippen LogP contribution is -2.20. The van der Waals surface area contributed by atoms with Crippen molar-refractivity contribution in [3.05, 3.63) is 40.2 Å². The number of nitrogens with zero attached hydrogens (tertiary/aromatic N) is 1. The lowest BCUT2D eigenvalue weighted by molar-refractivity contribution is 0.269. The van der Waals surface area contributed by atoms with Gasteiger partial charge in [-0.15, -0.1) is 0 Å². The summed E-state index contributed by atoms with van der Waals surface area (Å²) in [7, 11) is -3.27. The maximum absolute atomic E-state index is 11.6. The predicted molar refractivity (Wildman–Crippen MR) is 88.7 cm³/mol. The first kappa shape index (κ1) is 16.5. The van der Waals surface area contributed by atoms with Crippen molar-refractivity contribution in [2.75, 3.05) is 12.9 Å². The van der Waals surface area contributed by atoms with Gasteiger partial charge < -0.3 is 9.15 Å². The molecule has 1 aliphatic rings. The summed E-state index contributed by atoms with van der Waals surface area (Å²) in [6.07, 6.45) is 2.12. The van der Waals surface area contributed by atoms with E-state index in [0.717, 1.165) is 17.2 Å². The van der Waals surface area contributed by atoms with Crippen molar-refractivity contribution < 1.29 is 17.6 Å². The number of aryl methyl sites for hydroxylation is 1. The third kappa shape index (κ3) is 2.89. The molecule has 0 bridgehead atoms. The molecule has 0 aliphatic heterocycles. The predicted octanol–water partition coefficient (Wildman–Crippen LogP) is 2.06. The zero-order chi connectivity index (χ0) is 17.5. The van der Waals surface area contributed by atoms with E-state index in [1.807, 2.05) is 6.92 Å². The van der Waals surface area contributed by atoms with E-state index in [1.165, 1.54) is 6.07 Å². The van der Waals surface area contributed by atoms with Crippen LogP contribution in [0.25, 0.3) is 11.0 Å². The van der Waals surface area contributed by atoms with Gasteiger partial charge in [0.2, 0.25) is 0 Å². The summed E-state index contributed by atoms with van der Waals surface area (Å²) >= 11 is 0. The highest BCUT2D eigenvalue weighted by molar-refractivity contribution is 7.91. The van der Waals surface area contributed by atoms with Crippen molar-refractivity contribution in [3.8, 4) is 11.8 Å². The lowest BCUT2D eigenvalue weighted by atomic mass is 10.1. The highest BCUT2D eigenvalue weighted by Gasteiger charge is 2.61. The summed E-state index contributed by atoms with van der Waals surface area (Å²) in [6.45, 7) is 1.94. The van der Waals surface area contributed by atoms with Crippen LogP contribution in [0.5, 0.6) is 5.75 Å². The van der Waals surface area contributed by atoms with Crippen molar-refractivity contribution >= 4 is 20.8 Å². The van der Waals surface area contributed by atoms with Crippen molar-refractivity contribution in [3.63, 3.8) is 0 Å². The minimum atomic E-state index is -3.27. The van der Waals surface area contributed by atoms with E-state index in [0.29, 0.717) is 17.8 Å². The number of benzene rings is 1. The summed E-state index contributed by atoms with van der Waals surface area (Å²) in [4.78, 5) is 11.6. The Morgan fingerprint density at radius 2 is 2.17 bits per heavy atom. The number of sulfone groups is 1. The van der Waals surface area contributed by atoms with Crippen LogP contribution in [0.4, 0.5) is 0 Å². The molecule has 0 saturated heterocycles. The number of fused-ring (bicyclic) bond motifs is 1. The third-order valence-corrected chi connectivity index (χ3v) is 6.08. The van der Waals surface area contributed by atoms with Crippen LogP contribution in [0.2, 0.25) is 0 Å². The highest BCUT2D eigenvalue weighted by atomic mass is 32.2. The van der Waals surface area contributed by atoms with Crippen LogP contribution in [0, 0.1) is 16.7 Å². The van der Waals surface area contributed by atoms with Gasteiger partial charge in [0.25, 0.3) is 0 Å². The Labute approximate surface area is 139 Å². The average molecular weight is 347 g/mol. The van der Waals surface area contributed by atoms with Gasteiger partial charge in [-0.3, -0.25) is 0 Å². The molecule has 1 heterocycles. The molecule has 2 aromatic rings. The molecular weight excluding hydrogens is 330 g/mol. The standard InChI is InChI=1S/C17H17NO5S/c1-3-11-6-16(19)23-14-7-12(4-5-13(11)14)22-10-17(9-18)8-15(17)24(2,20)21/h4-7,15H,3,8,10H2,1-2H3/t15-,17-/m1/s1. The van der Waals surface area contributed by atoms with E-state index in [2.05, 4.69) is 6.07 Å². The van der Waals surface area contributed by atoms with Crippen LogP contribution < -0.4 is 10.4 Å². The van der Waals surface area contributed by atoms with Crippen LogP contribution in [-0.2, 0) is 16.3 Å². The molecule has 24 heavy (non-hydrogen) atoms. The highest BCUT2D eigenvalue weighted by Crippen LogP contribution is 2.50. The first-order valence-electron chi connectivity index (χ1n) is 7.59. The van der Waals surface area contributed by atoms with E-state index >= 15 is 0 Å². The van der Waals surface area contributed by atoms with Gasteiger partial charge in [0, 0.05) is 23.8 Å². The fraction of sp³-hybridized carbons (Fsp3) is 0.412. The van der Waals surface area contributed by atoms with Gasteiger partial charge in [0.1, 0.15) is 23.4 Å². The zero-order valence-electron chi connectivity index (χ0n) is 13.4. The zero-order valence-corrected chi connectivity index (χ0v) is 14.2. The summed E-state index contributed by atoms with van der Waals surface area (Å²) in [5.41, 5.74) is -0.113. The molecule has 1 saturated carbocycles. The van der Waals surface area contributed by atoms with Gasteiger partial charge in [-0.25, -0.2) is 13.2 Å². The largest absolute Gasteiger partial charge is 0.492 e. The molecule has 6 nitrogen and oxygen atoms in total. The molecule has 1 aliphatic carbocycles. The fourth-order valence-electron chi connectivity index (χ4n) is 2.94. The SMILES string of the molecule is CCc1cc(=O)oc2cc(OC[C@]3(C#N)C[C@H]3S(C)(=O)=O)ccc12. The summed E-state index contributed by atoms with van der Waals surface area (Å²) in [5.74, 6) is 0.438. The molecule has 3 rings (SSSR count). The Hall–Kier alpha value is -2.33. The second kappa shape index (κ2) is 5.64. The molecule has 7 heteroatoms. The second-order valence-corrected chi connectivity index (χ2v) is 8.41. The van der Waals surface area contributed by atoms with Crippen molar-refractivity contribution in [1.29, 1.82) is 5.26 Å². The van der Waals surface area contributed by atoms with Gasteiger partial charge in [0.05, 0.1) is 11.3 Å². The van der Waals surface area contributed by atoms with Crippen LogP contribution in [-0.4, -0.2) is 26.5 Å². The lowest BCUT2D eigenvalue weighted by Gasteiger charge is -2.11. The van der Waals surface area contributed by atoms with Crippen molar-refractivity contribution in [2.45, 2.75) is 25.0 Å². The van der Waals surface area contributed by atoms with Crippen LogP contribution in [0.15, 0.2) is 33.5 Å². The Morgan fingerprint density at radius 1 is 1.42 bits per heavy atom. The Kier molecular flexibility index (Phi) is 3.88. The first-order valence-corrected chi connectivity index (χ1v) is 9.54. The minimum absolute atomic E-state index is 0.00948. The molecule has 2 atom stereocenters. The van der Waals surface area contributed by atoms with Gasteiger partial charge in [0.15, 0.2) is 9.84 Å². The number of nitriles is 1. The topological polar surface area (TPSA) is 97.4 Å². The molecule has 1 aromatic heterocycles. The quantitative estimate of drug-likeness (QED) is 0.768. The van der Waals surface area contributed by atoms with Crippen LogP contribution in [0.3, 0.4) is 0 Å². The molecule has 0 amide bonds. The maximum Gasteiger partial charge on any atom is 0.336 e. The third-order valence-electron chi connectivity index (χ3n) is 4.42.